The van der Waals surface area contributed by atoms with Gasteiger partial charge in [-0.05, 0) is 12.5 Å². The molecule has 2 N–H and O–H groups in total. The van der Waals surface area contributed by atoms with Gasteiger partial charge in [-0.15, -0.1) is 0 Å². The van der Waals surface area contributed by atoms with Crippen molar-refractivity contribution in [2.45, 2.75) is 13.3 Å². The van der Waals surface area contributed by atoms with Gasteiger partial charge in [0.25, 0.3) is 0 Å². The Hall–Kier alpha value is -1.65. The number of hydrogen-bond acceptors (Lipinski definition) is 4. The van der Waals surface area contributed by atoms with Crippen LogP contribution in [0.15, 0.2) is 24.2 Å². The molecule has 5 heteroatoms. The maximum atomic E-state index is 11.1. The minimum Gasteiger partial charge on any atom is -0.478 e. The summed E-state index contributed by atoms with van der Waals surface area (Å²) in [6, 6.07) is 0. The van der Waals surface area contributed by atoms with Gasteiger partial charge in [0.15, 0.2) is 0 Å². The fourth-order valence-corrected chi connectivity index (χ4v) is 1.88. The Balaban J connectivity index is 1.73. The third-order valence-electron chi connectivity index (χ3n) is 2.83. The third kappa shape index (κ3) is 2.68. The molecule has 88 valence electrons. The number of ether oxygens (including phenoxy) is 1. The number of carbonyl (C=O) groups is 1. The second kappa shape index (κ2) is 4.92. The predicted molar refractivity (Wildman–Crippen MR) is 59.8 cm³/mol. The second-order valence-electron chi connectivity index (χ2n) is 4.09. The summed E-state index contributed by atoms with van der Waals surface area (Å²) in [7, 11) is 0. The van der Waals surface area contributed by atoms with Crippen molar-refractivity contribution in [2.24, 2.45) is 5.92 Å². The molecule has 16 heavy (non-hydrogen) atoms. The summed E-state index contributed by atoms with van der Waals surface area (Å²) < 4.78 is 5.59. The van der Waals surface area contributed by atoms with Crippen molar-refractivity contribution in [3.63, 3.8) is 0 Å². The SMILES string of the molecule is CC(=O)N1CCC(COC2=CC=CNN2)C1. The van der Waals surface area contributed by atoms with Gasteiger partial charge in [0.1, 0.15) is 0 Å². The van der Waals surface area contributed by atoms with Crippen LogP contribution in [0.4, 0.5) is 0 Å². The van der Waals surface area contributed by atoms with Gasteiger partial charge >= 0.3 is 0 Å². The lowest BCUT2D eigenvalue weighted by Crippen LogP contribution is -2.31. The van der Waals surface area contributed by atoms with Crippen molar-refractivity contribution in [3.8, 4) is 0 Å². The van der Waals surface area contributed by atoms with E-state index in [-0.39, 0.29) is 5.91 Å². The Morgan fingerprint density at radius 1 is 1.69 bits per heavy atom. The normalized spacial score (nSPS) is 23.4. The highest BCUT2D eigenvalue weighted by Gasteiger charge is 2.24. The van der Waals surface area contributed by atoms with Gasteiger partial charge in [0.05, 0.1) is 6.61 Å². The third-order valence-corrected chi connectivity index (χ3v) is 2.83. The zero-order chi connectivity index (χ0) is 11.4. The van der Waals surface area contributed by atoms with E-state index in [0.717, 1.165) is 25.4 Å². The Morgan fingerprint density at radius 3 is 3.19 bits per heavy atom. The molecule has 1 amide bonds. The van der Waals surface area contributed by atoms with Crippen LogP contribution in [0.1, 0.15) is 13.3 Å². The van der Waals surface area contributed by atoms with Gasteiger partial charge in [-0.3, -0.25) is 10.2 Å². The molecule has 1 saturated heterocycles. The molecule has 1 atom stereocenters. The summed E-state index contributed by atoms with van der Waals surface area (Å²) in [5, 5.41) is 0. The molecule has 2 heterocycles. The van der Waals surface area contributed by atoms with Crippen LogP contribution in [0.2, 0.25) is 0 Å². The fourth-order valence-electron chi connectivity index (χ4n) is 1.88. The van der Waals surface area contributed by atoms with E-state index >= 15 is 0 Å². The highest BCUT2D eigenvalue weighted by molar-refractivity contribution is 5.73. The lowest BCUT2D eigenvalue weighted by atomic mass is 10.1. The average molecular weight is 223 g/mol. The lowest BCUT2D eigenvalue weighted by Gasteiger charge is -2.17. The number of rotatable bonds is 3. The van der Waals surface area contributed by atoms with Crippen LogP contribution in [0.5, 0.6) is 0 Å². The number of allylic oxidation sites excluding steroid dienone is 2. The highest BCUT2D eigenvalue weighted by atomic mass is 16.5. The lowest BCUT2D eigenvalue weighted by molar-refractivity contribution is -0.127. The molecule has 0 saturated carbocycles. The topological polar surface area (TPSA) is 53.6 Å². The number of hydrazine groups is 1. The van der Waals surface area contributed by atoms with E-state index in [0.29, 0.717) is 12.5 Å². The Kier molecular flexibility index (Phi) is 3.34. The van der Waals surface area contributed by atoms with Crippen molar-refractivity contribution in [2.75, 3.05) is 19.7 Å². The molecule has 0 spiro atoms. The highest BCUT2D eigenvalue weighted by Crippen LogP contribution is 2.17. The minimum absolute atomic E-state index is 0.155. The van der Waals surface area contributed by atoms with Crippen LogP contribution < -0.4 is 10.9 Å². The fraction of sp³-hybridized carbons (Fsp3) is 0.545. The zero-order valence-electron chi connectivity index (χ0n) is 9.40. The first kappa shape index (κ1) is 10.9. The van der Waals surface area contributed by atoms with Gasteiger partial charge < -0.3 is 15.1 Å². The maximum absolute atomic E-state index is 11.1. The first-order valence-corrected chi connectivity index (χ1v) is 5.52. The van der Waals surface area contributed by atoms with Crippen molar-refractivity contribution in [3.05, 3.63) is 24.2 Å². The summed E-state index contributed by atoms with van der Waals surface area (Å²) in [5.41, 5.74) is 5.75. The molecule has 5 nitrogen and oxygen atoms in total. The van der Waals surface area contributed by atoms with E-state index in [1.165, 1.54) is 0 Å². The van der Waals surface area contributed by atoms with E-state index in [1.54, 1.807) is 13.1 Å². The summed E-state index contributed by atoms with van der Waals surface area (Å²) in [6.45, 7) is 3.93. The molecule has 2 rings (SSSR count). The molecular formula is C11H17N3O2. The van der Waals surface area contributed by atoms with Crippen molar-refractivity contribution in [1.29, 1.82) is 0 Å². The summed E-state index contributed by atoms with van der Waals surface area (Å²) in [6.07, 6.45) is 6.56. The minimum atomic E-state index is 0.155. The average Bonchev–Trinajstić information content (AvgIpc) is 2.76. The molecule has 1 fully saturated rings. The summed E-state index contributed by atoms with van der Waals surface area (Å²) in [5.74, 6) is 1.32. The van der Waals surface area contributed by atoms with Crippen LogP contribution >= 0.6 is 0 Å². The number of nitrogens with one attached hydrogen (secondary N) is 2. The van der Waals surface area contributed by atoms with Crippen LogP contribution in [0.25, 0.3) is 0 Å². The molecule has 0 aliphatic carbocycles. The number of carbonyl (C=O) groups excluding carboxylic acids is 1. The summed E-state index contributed by atoms with van der Waals surface area (Å²) >= 11 is 0. The second-order valence-corrected chi connectivity index (χ2v) is 4.09. The van der Waals surface area contributed by atoms with Crippen molar-refractivity contribution < 1.29 is 9.53 Å². The Morgan fingerprint density at radius 2 is 2.56 bits per heavy atom. The molecular weight excluding hydrogens is 206 g/mol. The predicted octanol–water partition coefficient (Wildman–Crippen LogP) is 0.334. The summed E-state index contributed by atoms with van der Waals surface area (Å²) in [4.78, 5) is 13.0. The molecule has 1 unspecified atom stereocenters. The first-order valence-electron chi connectivity index (χ1n) is 5.52. The Bertz CT molecular complexity index is 325. The molecule has 0 radical (unpaired) electrons. The van der Waals surface area contributed by atoms with E-state index < -0.39 is 0 Å². The molecule has 0 bridgehead atoms. The number of likely N-dealkylation sites (tertiary alicyclic amines) is 1. The van der Waals surface area contributed by atoms with Crippen molar-refractivity contribution >= 4 is 5.91 Å². The van der Waals surface area contributed by atoms with E-state index in [2.05, 4.69) is 10.9 Å². The van der Waals surface area contributed by atoms with Gasteiger partial charge in [-0.2, -0.15) is 0 Å². The van der Waals surface area contributed by atoms with Gasteiger partial charge in [-0.1, -0.05) is 0 Å². The number of nitrogens with zero attached hydrogens (tertiary/aromatic N) is 1. The Labute approximate surface area is 95.1 Å². The molecule has 0 aromatic rings. The quantitative estimate of drug-likeness (QED) is 0.724. The van der Waals surface area contributed by atoms with E-state index in [4.69, 9.17) is 4.74 Å². The van der Waals surface area contributed by atoms with Crippen LogP contribution in [0, 0.1) is 5.92 Å². The molecule has 0 aromatic heterocycles. The van der Waals surface area contributed by atoms with E-state index in [1.807, 2.05) is 17.1 Å². The number of amides is 1. The standard InChI is InChI=1S/C11H17N3O2/c1-9(15)14-6-4-10(7-14)8-16-11-3-2-5-12-13-11/h2-3,5,10,12-13H,4,6-8H2,1H3. The molecule has 2 aliphatic heterocycles. The van der Waals surface area contributed by atoms with Gasteiger partial charge in [0.2, 0.25) is 11.8 Å². The van der Waals surface area contributed by atoms with Crippen molar-refractivity contribution in [1.82, 2.24) is 15.8 Å². The smallest absolute Gasteiger partial charge is 0.219 e. The maximum Gasteiger partial charge on any atom is 0.219 e. The van der Waals surface area contributed by atoms with Crippen LogP contribution in [0.3, 0.4) is 0 Å². The van der Waals surface area contributed by atoms with Gasteiger partial charge in [-0.25, -0.2) is 0 Å². The zero-order valence-corrected chi connectivity index (χ0v) is 9.40. The first-order chi connectivity index (χ1) is 7.75. The van der Waals surface area contributed by atoms with E-state index in [9.17, 15) is 4.79 Å². The molecule has 0 aromatic carbocycles. The van der Waals surface area contributed by atoms with Gasteiger partial charge in [0, 0.05) is 38.2 Å². The monoisotopic (exact) mass is 223 g/mol. The number of hydrogen-bond donors (Lipinski definition) is 2. The molecule has 2 aliphatic rings. The van der Waals surface area contributed by atoms with Crippen LogP contribution in [-0.4, -0.2) is 30.5 Å². The van der Waals surface area contributed by atoms with Crippen LogP contribution in [-0.2, 0) is 9.53 Å². The largest absolute Gasteiger partial charge is 0.478 e.